The molecule has 0 aliphatic heterocycles. The first-order chi connectivity index (χ1) is 5.53. The summed E-state index contributed by atoms with van der Waals surface area (Å²) in [6, 6.07) is 0. The largest absolute Gasteiger partial charge is 0.387 e. The Balaban J connectivity index is 2.63. The van der Waals surface area contributed by atoms with Gasteiger partial charge in [0.25, 0.3) is 0 Å². The fourth-order valence-electron chi connectivity index (χ4n) is 0.838. The third kappa shape index (κ3) is 2.48. The smallest absolute Gasteiger partial charge is 0.0936 e. The number of nitrogens with two attached hydrogens (primary N) is 1. The van der Waals surface area contributed by atoms with E-state index in [2.05, 4.69) is 5.10 Å². The van der Waals surface area contributed by atoms with E-state index >= 15 is 0 Å². The molecule has 0 spiro atoms. The summed E-state index contributed by atoms with van der Waals surface area (Å²) >= 11 is 5.64. The third-order valence-corrected chi connectivity index (χ3v) is 1.74. The Morgan fingerprint density at radius 3 is 2.92 bits per heavy atom. The molecule has 1 heterocycles. The van der Waals surface area contributed by atoms with E-state index in [1.165, 1.54) is 6.20 Å². The molecule has 4 nitrogen and oxygen atoms in total. The third-order valence-electron chi connectivity index (χ3n) is 1.54. The van der Waals surface area contributed by atoms with Crippen LogP contribution in [0.4, 0.5) is 0 Å². The Bertz CT molecular complexity index is 259. The second-order valence-corrected chi connectivity index (χ2v) is 3.49. The maximum Gasteiger partial charge on any atom is 0.0936 e. The Morgan fingerprint density at radius 2 is 2.50 bits per heavy atom. The van der Waals surface area contributed by atoms with Crippen molar-refractivity contribution in [1.29, 1.82) is 0 Å². The van der Waals surface area contributed by atoms with Crippen LogP contribution in [-0.4, -0.2) is 27.0 Å². The van der Waals surface area contributed by atoms with Gasteiger partial charge in [0.1, 0.15) is 0 Å². The van der Waals surface area contributed by atoms with Gasteiger partial charge in [-0.25, -0.2) is 0 Å². The number of rotatable bonds is 3. The summed E-state index contributed by atoms with van der Waals surface area (Å²) in [5, 5.41) is 14.0. The quantitative estimate of drug-likeness (QED) is 0.717. The van der Waals surface area contributed by atoms with Gasteiger partial charge in [0.15, 0.2) is 0 Å². The Morgan fingerprint density at radius 1 is 1.83 bits per heavy atom. The number of hydrogen-bond donors (Lipinski definition) is 2. The molecule has 1 rings (SSSR count). The molecule has 0 aliphatic rings. The van der Waals surface area contributed by atoms with Crippen molar-refractivity contribution in [2.45, 2.75) is 19.1 Å². The molecule has 0 bridgehead atoms. The van der Waals surface area contributed by atoms with E-state index in [0.717, 1.165) is 0 Å². The molecular weight excluding hydrogens is 178 g/mol. The Kier molecular flexibility index (Phi) is 2.72. The van der Waals surface area contributed by atoms with E-state index < -0.39 is 5.60 Å². The van der Waals surface area contributed by atoms with Crippen LogP contribution in [0.15, 0.2) is 12.4 Å². The summed E-state index contributed by atoms with van der Waals surface area (Å²) in [6.45, 7) is 2.21. The van der Waals surface area contributed by atoms with Crippen molar-refractivity contribution in [2.24, 2.45) is 5.73 Å². The molecule has 0 aliphatic carbocycles. The summed E-state index contributed by atoms with van der Waals surface area (Å²) in [5.41, 5.74) is 4.42. The van der Waals surface area contributed by atoms with Crippen LogP contribution < -0.4 is 5.73 Å². The van der Waals surface area contributed by atoms with Crippen LogP contribution in [0.5, 0.6) is 0 Å². The average Bonchev–Trinajstić information content (AvgIpc) is 2.35. The van der Waals surface area contributed by atoms with Crippen molar-refractivity contribution >= 4 is 11.6 Å². The van der Waals surface area contributed by atoms with Crippen LogP contribution in [0.2, 0.25) is 5.02 Å². The summed E-state index contributed by atoms with van der Waals surface area (Å²) in [5.74, 6) is 0. The minimum Gasteiger partial charge on any atom is -0.387 e. The highest BCUT2D eigenvalue weighted by Crippen LogP contribution is 2.09. The molecular formula is C7H12ClN3O. The van der Waals surface area contributed by atoms with Crippen LogP contribution in [0, 0.1) is 0 Å². The maximum absolute atomic E-state index is 9.56. The van der Waals surface area contributed by atoms with Crippen molar-refractivity contribution in [1.82, 2.24) is 9.78 Å². The van der Waals surface area contributed by atoms with Crippen molar-refractivity contribution < 1.29 is 5.11 Å². The highest BCUT2D eigenvalue weighted by molar-refractivity contribution is 6.30. The summed E-state index contributed by atoms with van der Waals surface area (Å²) in [6.07, 6.45) is 3.17. The first-order valence-electron chi connectivity index (χ1n) is 3.64. The molecule has 12 heavy (non-hydrogen) atoms. The Hall–Kier alpha value is -0.580. The topological polar surface area (TPSA) is 64.1 Å². The SMILES string of the molecule is CC(O)(CN)Cn1cc(Cl)cn1. The van der Waals surface area contributed by atoms with E-state index in [1.54, 1.807) is 17.8 Å². The van der Waals surface area contributed by atoms with E-state index in [-0.39, 0.29) is 6.54 Å². The normalized spacial score (nSPS) is 16.0. The minimum absolute atomic E-state index is 0.199. The molecule has 1 aromatic rings. The number of hydrogen-bond acceptors (Lipinski definition) is 3. The fourth-order valence-corrected chi connectivity index (χ4v) is 0.995. The number of aromatic nitrogens is 2. The number of halogens is 1. The zero-order valence-corrected chi connectivity index (χ0v) is 7.62. The lowest BCUT2D eigenvalue weighted by Crippen LogP contribution is -2.38. The monoisotopic (exact) mass is 189 g/mol. The van der Waals surface area contributed by atoms with Gasteiger partial charge in [0.2, 0.25) is 0 Å². The van der Waals surface area contributed by atoms with Gasteiger partial charge in [-0.05, 0) is 6.92 Å². The minimum atomic E-state index is -0.921. The highest BCUT2D eigenvalue weighted by Gasteiger charge is 2.18. The molecule has 68 valence electrons. The van der Waals surface area contributed by atoms with Gasteiger partial charge in [0.05, 0.1) is 23.4 Å². The van der Waals surface area contributed by atoms with Crippen LogP contribution in [-0.2, 0) is 6.54 Å². The lowest BCUT2D eigenvalue weighted by Gasteiger charge is -2.20. The summed E-state index contributed by atoms with van der Waals surface area (Å²) in [4.78, 5) is 0. The van der Waals surface area contributed by atoms with Gasteiger partial charge >= 0.3 is 0 Å². The van der Waals surface area contributed by atoms with Crippen LogP contribution in [0.3, 0.4) is 0 Å². The Labute approximate surface area is 75.9 Å². The lowest BCUT2D eigenvalue weighted by molar-refractivity contribution is 0.0471. The van der Waals surface area contributed by atoms with Crippen LogP contribution in [0.25, 0.3) is 0 Å². The highest BCUT2D eigenvalue weighted by atomic mass is 35.5. The van der Waals surface area contributed by atoms with Crippen LogP contribution >= 0.6 is 11.6 Å². The first-order valence-corrected chi connectivity index (χ1v) is 4.02. The van der Waals surface area contributed by atoms with Gasteiger partial charge in [-0.2, -0.15) is 5.10 Å². The molecule has 0 saturated heterocycles. The molecule has 1 unspecified atom stereocenters. The van der Waals surface area contributed by atoms with Crippen molar-refractivity contribution in [3.05, 3.63) is 17.4 Å². The predicted molar refractivity (Wildman–Crippen MR) is 46.9 cm³/mol. The van der Waals surface area contributed by atoms with Crippen molar-refractivity contribution in [3.8, 4) is 0 Å². The lowest BCUT2D eigenvalue weighted by atomic mass is 10.1. The number of nitrogens with zero attached hydrogens (tertiary/aromatic N) is 2. The van der Waals surface area contributed by atoms with Gasteiger partial charge in [-0.3, -0.25) is 4.68 Å². The van der Waals surface area contributed by atoms with E-state index in [4.69, 9.17) is 17.3 Å². The predicted octanol–water partition coefficient (Wildman–Crippen LogP) is 0.246. The van der Waals surface area contributed by atoms with E-state index in [0.29, 0.717) is 11.6 Å². The van der Waals surface area contributed by atoms with Crippen LogP contribution in [0.1, 0.15) is 6.92 Å². The van der Waals surface area contributed by atoms with E-state index in [9.17, 15) is 5.11 Å². The molecule has 3 N–H and O–H groups in total. The molecule has 0 radical (unpaired) electrons. The zero-order chi connectivity index (χ0) is 9.19. The van der Waals surface area contributed by atoms with Gasteiger partial charge in [-0.15, -0.1) is 0 Å². The van der Waals surface area contributed by atoms with Crippen molar-refractivity contribution in [3.63, 3.8) is 0 Å². The molecule has 0 aromatic carbocycles. The zero-order valence-electron chi connectivity index (χ0n) is 6.87. The molecule has 0 amide bonds. The number of aliphatic hydroxyl groups is 1. The fraction of sp³-hybridized carbons (Fsp3) is 0.571. The molecule has 0 saturated carbocycles. The second kappa shape index (κ2) is 3.43. The standard InChI is InChI=1S/C7H12ClN3O/c1-7(12,4-9)5-11-3-6(8)2-10-11/h2-3,12H,4-5,9H2,1H3. The molecule has 1 aromatic heterocycles. The summed E-state index contributed by atoms with van der Waals surface area (Å²) < 4.78 is 1.56. The van der Waals surface area contributed by atoms with Crippen molar-refractivity contribution in [2.75, 3.05) is 6.54 Å². The average molecular weight is 190 g/mol. The summed E-state index contributed by atoms with van der Waals surface area (Å²) in [7, 11) is 0. The maximum atomic E-state index is 9.56. The van der Waals surface area contributed by atoms with Gasteiger partial charge in [-0.1, -0.05) is 11.6 Å². The van der Waals surface area contributed by atoms with Gasteiger partial charge < -0.3 is 10.8 Å². The first kappa shape index (κ1) is 9.51. The molecule has 5 heteroatoms. The molecule has 0 fully saturated rings. The van der Waals surface area contributed by atoms with E-state index in [1.807, 2.05) is 0 Å². The van der Waals surface area contributed by atoms with Gasteiger partial charge in [0, 0.05) is 12.7 Å². The second-order valence-electron chi connectivity index (χ2n) is 3.06. The molecule has 1 atom stereocenters.